The number of hydrogen-bond acceptors (Lipinski definition) is 4. The SMILES string of the molecule is CC1COc2ccccc2CN1C(=O)CCn1nc2ccccn2c1=O. The molecule has 2 aromatic heterocycles. The number of fused-ring (bicyclic) bond motifs is 2. The number of benzene rings is 1. The number of aryl methyl sites for hydroxylation is 1. The molecule has 4 rings (SSSR count). The number of para-hydroxylation sites is 1. The van der Waals surface area contributed by atoms with Crippen LogP contribution >= 0.6 is 0 Å². The van der Waals surface area contributed by atoms with Crippen LogP contribution in [0.5, 0.6) is 5.75 Å². The topological polar surface area (TPSA) is 68.8 Å². The first-order chi connectivity index (χ1) is 12.6. The van der Waals surface area contributed by atoms with Crippen LogP contribution in [0.1, 0.15) is 18.9 Å². The third-order valence-corrected chi connectivity index (χ3v) is 4.67. The summed E-state index contributed by atoms with van der Waals surface area (Å²) in [6.07, 6.45) is 1.89. The van der Waals surface area contributed by atoms with E-state index >= 15 is 0 Å². The molecule has 134 valence electrons. The Morgan fingerprint density at radius 1 is 1.23 bits per heavy atom. The molecule has 1 aliphatic rings. The first-order valence-corrected chi connectivity index (χ1v) is 8.68. The molecule has 1 aromatic carbocycles. The van der Waals surface area contributed by atoms with Crippen LogP contribution in [-0.2, 0) is 17.9 Å². The molecule has 7 heteroatoms. The number of amides is 1. The number of pyridine rings is 1. The van der Waals surface area contributed by atoms with Crippen molar-refractivity contribution in [2.45, 2.75) is 32.5 Å². The fourth-order valence-electron chi connectivity index (χ4n) is 3.21. The molecule has 3 aromatic rings. The molecule has 1 atom stereocenters. The standard InChI is InChI=1S/C19H20N4O3/c1-14-13-26-16-7-3-2-6-15(16)12-22(14)18(24)9-11-23-19(25)21-10-5-4-8-17(21)20-23/h2-8,10,14H,9,11-13H2,1H3. The first-order valence-electron chi connectivity index (χ1n) is 8.68. The summed E-state index contributed by atoms with van der Waals surface area (Å²) in [6, 6.07) is 13.1. The first kappa shape index (κ1) is 16.4. The van der Waals surface area contributed by atoms with Crippen molar-refractivity contribution in [3.63, 3.8) is 0 Å². The van der Waals surface area contributed by atoms with Gasteiger partial charge in [0, 0.05) is 24.7 Å². The number of rotatable bonds is 3. The minimum absolute atomic E-state index is 0.0123. The molecule has 1 amide bonds. The molecule has 0 spiro atoms. The number of ether oxygens (including phenoxy) is 1. The molecule has 0 N–H and O–H groups in total. The van der Waals surface area contributed by atoms with Gasteiger partial charge in [0.15, 0.2) is 5.65 Å². The zero-order valence-corrected chi connectivity index (χ0v) is 14.5. The van der Waals surface area contributed by atoms with Gasteiger partial charge in [-0.2, -0.15) is 0 Å². The van der Waals surface area contributed by atoms with E-state index in [1.54, 1.807) is 18.3 Å². The summed E-state index contributed by atoms with van der Waals surface area (Å²) in [6.45, 7) is 3.19. The summed E-state index contributed by atoms with van der Waals surface area (Å²) in [5, 5.41) is 4.27. The Bertz CT molecular complexity index is 1010. The lowest BCUT2D eigenvalue weighted by atomic mass is 10.1. The van der Waals surface area contributed by atoms with Gasteiger partial charge in [0.2, 0.25) is 5.91 Å². The van der Waals surface area contributed by atoms with Crippen molar-refractivity contribution in [2.24, 2.45) is 0 Å². The predicted octanol–water partition coefficient (Wildman–Crippen LogP) is 1.70. The second kappa shape index (κ2) is 6.67. The highest BCUT2D eigenvalue weighted by atomic mass is 16.5. The van der Waals surface area contributed by atoms with Gasteiger partial charge in [-0.15, -0.1) is 5.10 Å². The molecule has 0 aliphatic carbocycles. The summed E-state index contributed by atoms with van der Waals surface area (Å²) in [5.41, 5.74) is 1.34. The maximum atomic E-state index is 12.8. The summed E-state index contributed by atoms with van der Waals surface area (Å²) in [5.74, 6) is 0.813. The zero-order chi connectivity index (χ0) is 18.1. The molecule has 0 fully saturated rings. The maximum absolute atomic E-state index is 12.8. The average molecular weight is 352 g/mol. The molecule has 1 aliphatic heterocycles. The number of carbonyl (C=O) groups excluding carboxylic acids is 1. The van der Waals surface area contributed by atoms with E-state index in [2.05, 4.69) is 5.10 Å². The van der Waals surface area contributed by atoms with E-state index in [0.717, 1.165) is 11.3 Å². The third-order valence-electron chi connectivity index (χ3n) is 4.67. The largest absolute Gasteiger partial charge is 0.491 e. The van der Waals surface area contributed by atoms with Crippen LogP contribution in [0.2, 0.25) is 0 Å². The van der Waals surface area contributed by atoms with Gasteiger partial charge < -0.3 is 9.64 Å². The van der Waals surface area contributed by atoms with Gasteiger partial charge in [0.25, 0.3) is 0 Å². The average Bonchev–Trinajstić information content (AvgIpc) is 2.88. The van der Waals surface area contributed by atoms with E-state index in [0.29, 0.717) is 18.8 Å². The highest BCUT2D eigenvalue weighted by Gasteiger charge is 2.25. The Hall–Kier alpha value is -3.09. The van der Waals surface area contributed by atoms with Gasteiger partial charge in [-0.3, -0.25) is 9.20 Å². The van der Waals surface area contributed by atoms with Gasteiger partial charge >= 0.3 is 5.69 Å². The smallest absolute Gasteiger partial charge is 0.350 e. The summed E-state index contributed by atoms with van der Waals surface area (Å²) in [4.78, 5) is 26.9. The van der Waals surface area contributed by atoms with Crippen molar-refractivity contribution < 1.29 is 9.53 Å². The normalized spacial score (nSPS) is 16.8. The molecule has 0 radical (unpaired) electrons. The third kappa shape index (κ3) is 2.96. The Morgan fingerprint density at radius 3 is 2.88 bits per heavy atom. The fourth-order valence-corrected chi connectivity index (χ4v) is 3.21. The molecule has 0 bridgehead atoms. The van der Waals surface area contributed by atoms with Crippen molar-refractivity contribution in [2.75, 3.05) is 6.61 Å². The summed E-state index contributed by atoms with van der Waals surface area (Å²) < 4.78 is 8.62. The quantitative estimate of drug-likeness (QED) is 0.719. The van der Waals surface area contributed by atoms with Gasteiger partial charge in [0.05, 0.1) is 12.6 Å². The minimum Gasteiger partial charge on any atom is -0.491 e. The van der Waals surface area contributed by atoms with Crippen molar-refractivity contribution in [1.29, 1.82) is 0 Å². The molecular formula is C19H20N4O3. The van der Waals surface area contributed by atoms with E-state index in [9.17, 15) is 9.59 Å². The monoisotopic (exact) mass is 352 g/mol. The lowest BCUT2D eigenvalue weighted by Gasteiger charge is -2.26. The van der Waals surface area contributed by atoms with Crippen LogP contribution in [-0.4, -0.2) is 37.6 Å². The van der Waals surface area contributed by atoms with Gasteiger partial charge in [-0.25, -0.2) is 9.48 Å². The molecular weight excluding hydrogens is 332 g/mol. The highest BCUT2D eigenvalue weighted by molar-refractivity contribution is 5.76. The fraction of sp³-hybridized carbons (Fsp3) is 0.316. The van der Waals surface area contributed by atoms with E-state index < -0.39 is 0 Å². The lowest BCUT2D eigenvalue weighted by molar-refractivity contribution is -0.134. The Balaban J connectivity index is 1.50. The number of hydrogen-bond donors (Lipinski definition) is 0. The van der Waals surface area contributed by atoms with E-state index in [1.807, 2.05) is 42.2 Å². The molecule has 1 unspecified atom stereocenters. The van der Waals surface area contributed by atoms with Crippen LogP contribution in [0, 0.1) is 0 Å². The van der Waals surface area contributed by atoms with E-state index in [-0.39, 0.29) is 30.6 Å². The summed E-state index contributed by atoms with van der Waals surface area (Å²) in [7, 11) is 0. The number of carbonyl (C=O) groups is 1. The van der Waals surface area contributed by atoms with E-state index in [1.165, 1.54) is 9.08 Å². The minimum atomic E-state index is -0.231. The van der Waals surface area contributed by atoms with Crippen molar-refractivity contribution in [1.82, 2.24) is 19.1 Å². The Morgan fingerprint density at radius 2 is 2.04 bits per heavy atom. The molecule has 3 heterocycles. The molecule has 26 heavy (non-hydrogen) atoms. The van der Waals surface area contributed by atoms with Crippen molar-refractivity contribution >= 4 is 11.6 Å². The number of aromatic nitrogens is 3. The summed E-state index contributed by atoms with van der Waals surface area (Å²) >= 11 is 0. The highest BCUT2D eigenvalue weighted by Crippen LogP contribution is 2.25. The van der Waals surface area contributed by atoms with Crippen molar-refractivity contribution in [3.8, 4) is 5.75 Å². The molecule has 7 nitrogen and oxygen atoms in total. The Labute approximate surface area is 150 Å². The van der Waals surface area contributed by atoms with Crippen LogP contribution in [0.3, 0.4) is 0 Å². The lowest BCUT2D eigenvalue weighted by Crippen LogP contribution is -2.40. The number of nitrogens with zero attached hydrogens (tertiary/aromatic N) is 4. The van der Waals surface area contributed by atoms with Crippen LogP contribution in [0.4, 0.5) is 0 Å². The van der Waals surface area contributed by atoms with Gasteiger partial charge in [-0.1, -0.05) is 24.3 Å². The second-order valence-electron chi connectivity index (χ2n) is 6.47. The van der Waals surface area contributed by atoms with Gasteiger partial charge in [-0.05, 0) is 25.1 Å². The van der Waals surface area contributed by atoms with Crippen LogP contribution < -0.4 is 10.4 Å². The second-order valence-corrected chi connectivity index (χ2v) is 6.47. The predicted molar refractivity (Wildman–Crippen MR) is 96.0 cm³/mol. The molecule has 0 saturated carbocycles. The Kier molecular flexibility index (Phi) is 4.20. The van der Waals surface area contributed by atoms with Crippen LogP contribution in [0.25, 0.3) is 5.65 Å². The zero-order valence-electron chi connectivity index (χ0n) is 14.5. The van der Waals surface area contributed by atoms with Crippen molar-refractivity contribution in [3.05, 3.63) is 64.7 Å². The molecule has 0 saturated heterocycles. The maximum Gasteiger partial charge on any atom is 0.350 e. The van der Waals surface area contributed by atoms with Crippen LogP contribution in [0.15, 0.2) is 53.5 Å². The van der Waals surface area contributed by atoms with E-state index in [4.69, 9.17) is 4.74 Å². The van der Waals surface area contributed by atoms with Gasteiger partial charge in [0.1, 0.15) is 12.4 Å².